The van der Waals surface area contributed by atoms with Crippen molar-refractivity contribution >= 4 is 7.82 Å². The Morgan fingerprint density at radius 2 is 1.47 bits per heavy atom. The first-order chi connectivity index (χ1) is 25.5. The second-order valence-corrected chi connectivity index (χ2v) is 15.4. The third-order valence-corrected chi connectivity index (χ3v) is 10.9. The highest BCUT2D eigenvalue weighted by Gasteiger charge is 2.44. The molecule has 19 heteroatoms. The van der Waals surface area contributed by atoms with E-state index in [-0.39, 0.29) is 31.8 Å². The van der Waals surface area contributed by atoms with Gasteiger partial charge in [0.15, 0.2) is 6.29 Å². The van der Waals surface area contributed by atoms with E-state index in [0.29, 0.717) is 6.42 Å². The Morgan fingerprint density at radius 1 is 0.868 bits per heavy atom. The number of aliphatic hydroxyl groups is 4. The SMILES string of the molecule is CCCCCCCCCCCCCCCCOP(=O)(OCCOC1OC(CO)C(O)C(O)C1O)OCC1OC(n2cc(C)c(=O)[nH]c2=O)CC1N=[N+]=[N-]. The molecule has 5 N–H and O–H groups in total. The molecule has 2 saturated heterocycles. The summed E-state index contributed by atoms with van der Waals surface area (Å²) in [6, 6.07) is -0.821. The molecule has 0 amide bonds. The largest absolute Gasteiger partial charge is 0.474 e. The molecule has 1 aromatic heterocycles. The molecule has 0 saturated carbocycles. The summed E-state index contributed by atoms with van der Waals surface area (Å²) in [6.45, 7) is 2.10. The first-order valence-corrected chi connectivity index (χ1v) is 20.5. The molecule has 0 aromatic carbocycles. The van der Waals surface area contributed by atoms with Gasteiger partial charge in [-0.15, -0.1) is 0 Å². The van der Waals surface area contributed by atoms with E-state index in [1.165, 1.54) is 75.5 Å². The van der Waals surface area contributed by atoms with E-state index in [9.17, 15) is 34.6 Å². The summed E-state index contributed by atoms with van der Waals surface area (Å²) in [6.07, 6.45) is 8.46. The molecule has 3 heterocycles. The van der Waals surface area contributed by atoms with Crippen molar-refractivity contribution in [2.45, 2.75) is 159 Å². The van der Waals surface area contributed by atoms with Crippen LogP contribution in [0.3, 0.4) is 0 Å². The predicted octanol–water partition coefficient (Wildman–Crippen LogP) is 4.27. The van der Waals surface area contributed by atoms with Crippen molar-refractivity contribution in [2.24, 2.45) is 5.11 Å². The third kappa shape index (κ3) is 15.1. The standard InChI is InChI=1S/C34H60N5O13P/c1-3-4-5-6-7-8-9-10-11-12-13-14-15-16-17-48-53(46,49-19-18-47-33-31(43)30(42)29(41)26(22-40)52-33)50-23-27-25(37-38-35)20-28(51-27)39-21-24(2)32(44)36-34(39)45/h21,25-31,33,40-43H,3-20,22-23H2,1-2H3,(H,36,44,45). The van der Waals surface area contributed by atoms with Gasteiger partial charge in [-0.3, -0.25) is 27.9 Å². The molecule has 9 atom stereocenters. The molecular formula is C34H60N5O13P. The van der Waals surface area contributed by atoms with Crippen LogP contribution in [0.15, 0.2) is 20.9 Å². The van der Waals surface area contributed by atoms with Gasteiger partial charge >= 0.3 is 13.5 Å². The lowest BCUT2D eigenvalue weighted by molar-refractivity contribution is -0.301. The zero-order chi connectivity index (χ0) is 38.6. The molecule has 0 aliphatic carbocycles. The molecular weight excluding hydrogens is 717 g/mol. The maximum atomic E-state index is 13.8. The van der Waals surface area contributed by atoms with Crippen LogP contribution in [0.4, 0.5) is 0 Å². The highest BCUT2D eigenvalue weighted by Crippen LogP contribution is 2.50. The molecule has 53 heavy (non-hydrogen) atoms. The number of aromatic nitrogens is 2. The average molecular weight is 778 g/mol. The Labute approximate surface area is 310 Å². The van der Waals surface area contributed by atoms with Gasteiger partial charge in [0.2, 0.25) is 0 Å². The van der Waals surface area contributed by atoms with Crippen LogP contribution in [0, 0.1) is 6.92 Å². The molecule has 1 aromatic rings. The van der Waals surface area contributed by atoms with Crippen LogP contribution in [0.2, 0.25) is 0 Å². The van der Waals surface area contributed by atoms with E-state index < -0.39 is 81.4 Å². The maximum Gasteiger partial charge on any atom is 0.474 e. The topological polar surface area (TPSA) is 257 Å². The van der Waals surface area contributed by atoms with Gasteiger partial charge in [-0.25, -0.2) is 9.36 Å². The number of azide groups is 1. The van der Waals surface area contributed by atoms with E-state index in [0.717, 1.165) is 25.7 Å². The molecule has 304 valence electrons. The quantitative estimate of drug-likeness (QED) is 0.0275. The van der Waals surface area contributed by atoms with Crippen molar-refractivity contribution < 1.29 is 52.8 Å². The van der Waals surface area contributed by atoms with Crippen molar-refractivity contribution in [3.05, 3.63) is 43.0 Å². The number of H-pyrrole nitrogens is 1. The van der Waals surface area contributed by atoms with Crippen molar-refractivity contribution in [2.75, 3.05) is 33.0 Å². The molecule has 0 bridgehead atoms. The monoisotopic (exact) mass is 777 g/mol. The highest BCUT2D eigenvalue weighted by atomic mass is 31.2. The van der Waals surface area contributed by atoms with Crippen LogP contribution in [0.1, 0.15) is 115 Å². The molecule has 0 spiro atoms. The zero-order valence-corrected chi connectivity index (χ0v) is 31.9. The second kappa shape index (κ2) is 24.4. The van der Waals surface area contributed by atoms with E-state index in [1.807, 2.05) is 0 Å². The number of nitrogens with one attached hydrogen (secondary N) is 1. The number of phosphoric ester groups is 1. The van der Waals surface area contributed by atoms with Gasteiger partial charge in [0.1, 0.15) is 30.6 Å². The Morgan fingerprint density at radius 3 is 2.08 bits per heavy atom. The number of phosphoric acid groups is 1. The van der Waals surface area contributed by atoms with Crippen LogP contribution in [0.5, 0.6) is 0 Å². The number of aryl methyl sites for hydroxylation is 1. The Balaban J connectivity index is 1.51. The molecule has 2 fully saturated rings. The minimum Gasteiger partial charge on any atom is -0.394 e. The summed E-state index contributed by atoms with van der Waals surface area (Å²) < 4.78 is 48.5. The minimum atomic E-state index is -4.29. The van der Waals surface area contributed by atoms with E-state index >= 15 is 0 Å². The zero-order valence-electron chi connectivity index (χ0n) is 31.0. The number of nitrogens with zero attached hydrogens (tertiary/aromatic N) is 4. The van der Waals surface area contributed by atoms with Gasteiger partial charge in [-0.1, -0.05) is 95.5 Å². The fraction of sp³-hybridized carbons (Fsp3) is 0.882. The number of ether oxygens (including phenoxy) is 3. The number of aromatic amines is 1. The molecule has 2 aliphatic rings. The van der Waals surface area contributed by atoms with Gasteiger partial charge in [0, 0.05) is 23.1 Å². The Kier molecular flexibility index (Phi) is 20.8. The molecule has 2 aliphatic heterocycles. The lowest BCUT2D eigenvalue weighted by atomic mass is 9.99. The fourth-order valence-electron chi connectivity index (χ4n) is 6.29. The normalized spacial score (nSPS) is 27.1. The molecule has 0 radical (unpaired) electrons. The minimum absolute atomic E-state index is 0.0584. The summed E-state index contributed by atoms with van der Waals surface area (Å²) >= 11 is 0. The Hall–Kier alpha value is -2.18. The summed E-state index contributed by atoms with van der Waals surface area (Å²) in [7, 11) is -4.29. The maximum absolute atomic E-state index is 13.8. The van der Waals surface area contributed by atoms with E-state index in [4.69, 9.17) is 33.3 Å². The molecule has 18 nitrogen and oxygen atoms in total. The number of hydrogen-bond acceptors (Lipinski definition) is 14. The van der Waals surface area contributed by atoms with Gasteiger partial charge in [-0.2, -0.15) is 0 Å². The highest BCUT2D eigenvalue weighted by molar-refractivity contribution is 7.48. The van der Waals surface area contributed by atoms with Crippen LogP contribution in [-0.2, 0) is 32.3 Å². The summed E-state index contributed by atoms with van der Waals surface area (Å²) in [4.78, 5) is 29.4. The van der Waals surface area contributed by atoms with Gasteiger partial charge in [0.25, 0.3) is 5.56 Å². The average Bonchev–Trinajstić information content (AvgIpc) is 3.54. The van der Waals surface area contributed by atoms with Crippen molar-refractivity contribution in [1.29, 1.82) is 0 Å². The van der Waals surface area contributed by atoms with Gasteiger partial charge in [-0.05, 0) is 18.9 Å². The van der Waals surface area contributed by atoms with E-state index in [1.54, 1.807) is 0 Å². The van der Waals surface area contributed by atoms with Crippen molar-refractivity contribution in [1.82, 2.24) is 9.55 Å². The van der Waals surface area contributed by atoms with Gasteiger partial charge < -0.3 is 34.6 Å². The summed E-state index contributed by atoms with van der Waals surface area (Å²) in [5.41, 5.74) is 8.18. The van der Waals surface area contributed by atoms with Gasteiger partial charge in [0.05, 0.1) is 45.2 Å². The van der Waals surface area contributed by atoms with Crippen molar-refractivity contribution in [3.63, 3.8) is 0 Å². The van der Waals surface area contributed by atoms with Crippen LogP contribution in [-0.4, -0.2) is 106 Å². The summed E-state index contributed by atoms with van der Waals surface area (Å²) in [5, 5.41) is 43.4. The molecule has 9 unspecified atom stereocenters. The van der Waals surface area contributed by atoms with Crippen molar-refractivity contribution in [3.8, 4) is 0 Å². The third-order valence-electron chi connectivity index (χ3n) is 9.47. The summed E-state index contributed by atoms with van der Waals surface area (Å²) in [5.74, 6) is 0. The lowest BCUT2D eigenvalue weighted by Crippen LogP contribution is -2.59. The number of rotatable bonds is 27. The second-order valence-electron chi connectivity index (χ2n) is 13.7. The number of unbranched alkanes of at least 4 members (excludes halogenated alkanes) is 13. The van der Waals surface area contributed by atoms with Crippen LogP contribution in [0.25, 0.3) is 10.4 Å². The number of aliphatic hydroxyl groups excluding tert-OH is 4. The fourth-order valence-corrected chi connectivity index (χ4v) is 7.50. The van der Waals surface area contributed by atoms with Crippen LogP contribution >= 0.6 is 7.82 Å². The lowest BCUT2D eigenvalue weighted by Gasteiger charge is -2.39. The first kappa shape index (κ1) is 45.2. The number of hydrogen-bond donors (Lipinski definition) is 5. The van der Waals surface area contributed by atoms with Crippen LogP contribution < -0.4 is 11.2 Å². The molecule has 3 rings (SSSR count). The smallest absolute Gasteiger partial charge is 0.394 e. The predicted molar refractivity (Wildman–Crippen MR) is 193 cm³/mol. The first-order valence-electron chi connectivity index (χ1n) is 19.0. The Bertz CT molecular complexity index is 1410. The van der Waals surface area contributed by atoms with E-state index in [2.05, 4.69) is 21.9 Å².